The Morgan fingerprint density at radius 3 is 2.48 bits per heavy atom. The number of guanidine groups is 1. The second-order valence-electron chi connectivity index (χ2n) is 6.71. The Morgan fingerprint density at radius 1 is 1.19 bits per heavy atom. The molecular formula is C18H30IN5O3. The van der Waals surface area contributed by atoms with Gasteiger partial charge in [0.15, 0.2) is 5.96 Å². The van der Waals surface area contributed by atoms with E-state index < -0.39 is 0 Å². The van der Waals surface area contributed by atoms with Crippen LogP contribution in [-0.2, 0) is 9.59 Å². The molecule has 0 atom stereocenters. The van der Waals surface area contributed by atoms with Gasteiger partial charge in [0.2, 0.25) is 11.8 Å². The summed E-state index contributed by atoms with van der Waals surface area (Å²) in [6.45, 7) is 8.28. The fourth-order valence-corrected chi connectivity index (χ4v) is 2.05. The molecule has 1 rings (SSSR count). The first-order valence-corrected chi connectivity index (χ1v) is 8.45. The normalized spacial score (nSPS) is 11.1. The van der Waals surface area contributed by atoms with E-state index in [4.69, 9.17) is 4.74 Å². The second-order valence-corrected chi connectivity index (χ2v) is 6.71. The van der Waals surface area contributed by atoms with Crippen LogP contribution < -0.4 is 26.0 Å². The van der Waals surface area contributed by atoms with Crippen molar-refractivity contribution in [2.24, 2.45) is 4.99 Å². The van der Waals surface area contributed by atoms with Crippen LogP contribution in [0.5, 0.6) is 5.75 Å². The van der Waals surface area contributed by atoms with Crippen LogP contribution in [0.1, 0.15) is 27.7 Å². The van der Waals surface area contributed by atoms with Crippen molar-refractivity contribution in [3.8, 4) is 5.75 Å². The van der Waals surface area contributed by atoms with E-state index >= 15 is 0 Å². The highest BCUT2D eigenvalue weighted by Gasteiger charge is 2.13. The number of rotatable bonds is 7. The van der Waals surface area contributed by atoms with Crippen LogP contribution >= 0.6 is 24.0 Å². The van der Waals surface area contributed by atoms with Crippen LogP contribution in [-0.4, -0.2) is 50.1 Å². The molecule has 0 spiro atoms. The van der Waals surface area contributed by atoms with Gasteiger partial charge in [-0.15, -0.1) is 24.0 Å². The Bertz CT molecular complexity index is 644. The maximum Gasteiger partial charge on any atom is 0.239 e. The Kier molecular flexibility index (Phi) is 11.4. The molecule has 152 valence electrons. The van der Waals surface area contributed by atoms with Gasteiger partial charge in [-0.25, -0.2) is 0 Å². The Balaban J connectivity index is 0.00000676. The minimum atomic E-state index is -0.269. The van der Waals surface area contributed by atoms with E-state index in [9.17, 15) is 9.59 Å². The van der Waals surface area contributed by atoms with Crippen LogP contribution in [0.2, 0.25) is 0 Å². The number of halogens is 1. The van der Waals surface area contributed by atoms with Crippen molar-refractivity contribution >= 4 is 47.4 Å². The zero-order valence-corrected chi connectivity index (χ0v) is 18.8. The van der Waals surface area contributed by atoms with E-state index in [0.717, 1.165) is 0 Å². The molecule has 0 saturated heterocycles. The topological polar surface area (TPSA) is 104 Å². The van der Waals surface area contributed by atoms with Crippen LogP contribution in [0.25, 0.3) is 0 Å². The molecule has 0 radical (unpaired) electrons. The van der Waals surface area contributed by atoms with E-state index in [0.29, 0.717) is 30.5 Å². The monoisotopic (exact) mass is 491 g/mol. The summed E-state index contributed by atoms with van der Waals surface area (Å²) < 4.78 is 5.64. The van der Waals surface area contributed by atoms with Crippen molar-refractivity contribution in [2.45, 2.75) is 33.2 Å². The predicted molar refractivity (Wildman–Crippen MR) is 119 cm³/mol. The molecule has 0 bridgehead atoms. The lowest BCUT2D eigenvalue weighted by Crippen LogP contribution is -2.48. The number of anilines is 1. The first-order valence-electron chi connectivity index (χ1n) is 8.45. The summed E-state index contributed by atoms with van der Waals surface area (Å²) in [4.78, 5) is 26.9. The number of hydrogen-bond acceptors (Lipinski definition) is 4. The van der Waals surface area contributed by atoms with Crippen molar-refractivity contribution in [1.29, 1.82) is 0 Å². The van der Waals surface area contributed by atoms with Gasteiger partial charge in [-0.05, 0) is 32.9 Å². The molecule has 27 heavy (non-hydrogen) atoms. The summed E-state index contributed by atoms with van der Waals surface area (Å²) in [6, 6.07) is 7.17. The molecule has 1 aromatic rings. The van der Waals surface area contributed by atoms with Crippen molar-refractivity contribution in [3.05, 3.63) is 24.3 Å². The minimum Gasteiger partial charge on any atom is -0.492 e. The molecule has 0 aliphatic rings. The number of amides is 2. The Morgan fingerprint density at radius 2 is 1.89 bits per heavy atom. The molecule has 8 nitrogen and oxygen atoms in total. The molecule has 0 aliphatic carbocycles. The largest absolute Gasteiger partial charge is 0.492 e. The van der Waals surface area contributed by atoms with Gasteiger partial charge in [0.05, 0.1) is 13.1 Å². The SMILES string of the molecule is CN=C(NCCOc1cccc(NC(C)=O)c1)NCC(=O)NC(C)(C)C.I. The predicted octanol–water partition coefficient (Wildman–Crippen LogP) is 1.72. The van der Waals surface area contributed by atoms with Crippen LogP contribution in [0, 0.1) is 0 Å². The van der Waals surface area contributed by atoms with Gasteiger partial charge in [0.25, 0.3) is 0 Å². The molecule has 1 aromatic carbocycles. The lowest BCUT2D eigenvalue weighted by atomic mass is 10.1. The molecule has 2 amide bonds. The molecule has 9 heteroatoms. The maximum atomic E-state index is 11.8. The molecular weight excluding hydrogens is 461 g/mol. The quantitative estimate of drug-likeness (QED) is 0.201. The van der Waals surface area contributed by atoms with E-state index in [1.54, 1.807) is 19.2 Å². The zero-order chi connectivity index (χ0) is 19.6. The summed E-state index contributed by atoms with van der Waals surface area (Å²) in [7, 11) is 1.63. The Hall–Kier alpha value is -2.04. The highest BCUT2D eigenvalue weighted by molar-refractivity contribution is 14.0. The maximum absolute atomic E-state index is 11.8. The van der Waals surface area contributed by atoms with Gasteiger partial charge >= 0.3 is 0 Å². The average Bonchev–Trinajstić information content (AvgIpc) is 2.52. The number of carbonyl (C=O) groups is 2. The fourth-order valence-electron chi connectivity index (χ4n) is 2.05. The van der Waals surface area contributed by atoms with Crippen molar-refractivity contribution in [2.75, 3.05) is 32.1 Å². The summed E-state index contributed by atoms with van der Waals surface area (Å²) in [5, 5.41) is 11.6. The van der Waals surface area contributed by atoms with Gasteiger partial charge < -0.3 is 26.0 Å². The molecule has 4 N–H and O–H groups in total. The number of ether oxygens (including phenoxy) is 1. The summed E-state index contributed by atoms with van der Waals surface area (Å²) in [5.74, 6) is 0.941. The average molecular weight is 491 g/mol. The van der Waals surface area contributed by atoms with E-state index in [-0.39, 0.29) is 47.9 Å². The molecule has 0 unspecified atom stereocenters. The van der Waals surface area contributed by atoms with E-state index in [1.165, 1.54) is 6.92 Å². The van der Waals surface area contributed by atoms with Crippen LogP contribution in [0.4, 0.5) is 5.69 Å². The second kappa shape index (κ2) is 12.4. The number of hydrogen-bond donors (Lipinski definition) is 4. The number of benzene rings is 1. The fraction of sp³-hybridized carbons (Fsp3) is 0.500. The molecule has 0 aliphatic heterocycles. The first kappa shape index (κ1) is 25.0. The van der Waals surface area contributed by atoms with Crippen LogP contribution in [0.3, 0.4) is 0 Å². The summed E-state index contributed by atoms with van der Waals surface area (Å²) in [5.41, 5.74) is 0.417. The number of nitrogens with zero attached hydrogens (tertiary/aromatic N) is 1. The van der Waals surface area contributed by atoms with Crippen molar-refractivity contribution < 1.29 is 14.3 Å². The van der Waals surface area contributed by atoms with Crippen molar-refractivity contribution in [3.63, 3.8) is 0 Å². The van der Waals surface area contributed by atoms with Crippen LogP contribution in [0.15, 0.2) is 29.3 Å². The highest BCUT2D eigenvalue weighted by atomic mass is 127. The van der Waals surface area contributed by atoms with E-state index in [2.05, 4.69) is 26.3 Å². The molecule has 0 fully saturated rings. The smallest absolute Gasteiger partial charge is 0.239 e. The Labute approximate surface area is 177 Å². The van der Waals surface area contributed by atoms with Gasteiger partial charge in [-0.3, -0.25) is 14.6 Å². The summed E-state index contributed by atoms with van der Waals surface area (Å²) >= 11 is 0. The minimum absolute atomic E-state index is 0. The summed E-state index contributed by atoms with van der Waals surface area (Å²) in [6.07, 6.45) is 0. The first-order chi connectivity index (χ1) is 12.2. The van der Waals surface area contributed by atoms with Gasteiger partial charge in [0.1, 0.15) is 12.4 Å². The lowest BCUT2D eigenvalue weighted by molar-refractivity contribution is -0.121. The standard InChI is InChI=1S/C18H29N5O3.HI/c1-13(24)22-14-7-6-8-15(11-14)26-10-9-20-17(19-5)21-12-16(25)23-18(2,3)4;/h6-8,11H,9-10,12H2,1-5H3,(H,22,24)(H,23,25)(H2,19,20,21);1H. The highest BCUT2D eigenvalue weighted by Crippen LogP contribution is 2.16. The zero-order valence-electron chi connectivity index (χ0n) is 16.5. The number of carbonyl (C=O) groups excluding carboxylic acids is 2. The number of aliphatic imine (C=N–C) groups is 1. The third kappa shape index (κ3) is 12.1. The third-order valence-corrected chi connectivity index (χ3v) is 2.97. The third-order valence-electron chi connectivity index (χ3n) is 2.97. The molecule has 0 heterocycles. The van der Waals surface area contributed by atoms with E-state index in [1.807, 2.05) is 32.9 Å². The van der Waals surface area contributed by atoms with Gasteiger partial charge in [-0.2, -0.15) is 0 Å². The molecule has 0 saturated carbocycles. The van der Waals surface area contributed by atoms with Gasteiger partial charge in [0, 0.05) is 31.3 Å². The molecule has 0 aromatic heterocycles. The van der Waals surface area contributed by atoms with Crippen molar-refractivity contribution in [1.82, 2.24) is 16.0 Å². The van der Waals surface area contributed by atoms with Gasteiger partial charge in [-0.1, -0.05) is 6.07 Å². The lowest BCUT2D eigenvalue weighted by Gasteiger charge is -2.21. The number of nitrogens with one attached hydrogen (secondary N) is 4.